The largest absolute Gasteiger partial charge is 0.118 e. The molecular weight excluding hydrogens is 428 g/mol. The second-order valence-corrected chi connectivity index (χ2v) is 12.5. The maximum absolute atomic E-state index is 3.59. The summed E-state index contributed by atoms with van der Waals surface area (Å²) < 4.78 is 2.34. The van der Waals surface area contributed by atoms with E-state index in [1.54, 1.807) is 10.4 Å². The van der Waals surface area contributed by atoms with Gasteiger partial charge in [-0.2, -0.15) is 0 Å². The summed E-state index contributed by atoms with van der Waals surface area (Å²) in [5.74, 6) is 0. The van der Waals surface area contributed by atoms with Gasteiger partial charge in [0.05, 0.1) is 0 Å². The molecule has 0 amide bonds. The Morgan fingerprint density at radius 2 is 1.00 bits per heavy atom. The van der Waals surface area contributed by atoms with Crippen LogP contribution in [-0.4, -0.2) is 8.07 Å². The lowest BCUT2D eigenvalue weighted by atomic mass is 10.3. The molecule has 0 atom stereocenters. The van der Waals surface area contributed by atoms with E-state index in [1.807, 2.05) is 0 Å². The van der Waals surface area contributed by atoms with Gasteiger partial charge < -0.3 is 0 Å². The Morgan fingerprint density at radius 1 is 0.652 bits per heavy atom. The molecule has 0 saturated carbocycles. The Balaban J connectivity index is 2.52. The van der Waals surface area contributed by atoms with Crippen LogP contribution in [-0.2, 0) is 0 Å². The van der Waals surface area contributed by atoms with E-state index in [2.05, 4.69) is 94.2 Å². The highest BCUT2D eigenvalue weighted by Crippen LogP contribution is 2.24. The van der Waals surface area contributed by atoms with Crippen LogP contribution in [0, 0.1) is 0 Å². The van der Waals surface area contributed by atoms with E-state index in [0.717, 1.165) is 0 Å². The van der Waals surface area contributed by atoms with Gasteiger partial charge in [-0.3, -0.25) is 0 Å². The predicted octanol–water partition coefficient (Wildman–Crippen LogP) is 6.37. The molecule has 2 rings (SSSR count). The Morgan fingerprint density at radius 3 is 1.30 bits per heavy atom. The number of hydrogen-bond acceptors (Lipinski definition) is 0. The first-order chi connectivity index (χ1) is 11.1. The zero-order valence-corrected chi connectivity index (χ0v) is 18.3. The first-order valence-electron chi connectivity index (χ1n) is 8.64. The number of rotatable bonds is 8. The quantitative estimate of drug-likeness (QED) is 0.407. The number of halogens is 2. The number of hydrogen-bond donors (Lipinski definition) is 0. The molecule has 3 heteroatoms. The highest BCUT2D eigenvalue weighted by Gasteiger charge is 2.35. The van der Waals surface area contributed by atoms with Crippen molar-refractivity contribution >= 4 is 50.3 Å². The third kappa shape index (κ3) is 4.80. The lowest BCUT2D eigenvalue weighted by Crippen LogP contribution is -2.58. The summed E-state index contributed by atoms with van der Waals surface area (Å²) in [6, 6.07) is 21.0. The third-order valence-corrected chi connectivity index (χ3v) is 11.1. The van der Waals surface area contributed by atoms with Crippen molar-refractivity contribution in [2.24, 2.45) is 0 Å². The molecular formula is C20H26Br2Si. The molecule has 2 aromatic carbocycles. The topological polar surface area (TPSA) is 0 Å². The first kappa shape index (κ1) is 18.9. The Kier molecular flexibility index (Phi) is 7.57. The van der Waals surface area contributed by atoms with Crippen LogP contribution in [0.1, 0.15) is 39.5 Å². The second-order valence-electron chi connectivity index (χ2n) is 6.30. The molecule has 0 aliphatic rings. The number of benzene rings is 2. The van der Waals surface area contributed by atoms with Gasteiger partial charge in [0.1, 0.15) is 8.07 Å². The van der Waals surface area contributed by atoms with E-state index in [-0.39, 0.29) is 0 Å². The van der Waals surface area contributed by atoms with Gasteiger partial charge in [-0.15, -0.1) is 0 Å². The van der Waals surface area contributed by atoms with Gasteiger partial charge in [0.25, 0.3) is 0 Å². The molecule has 0 nitrogen and oxygen atoms in total. The van der Waals surface area contributed by atoms with Crippen molar-refractivity contribution in [1.82, 2.24) is 0 Å². The van der Waals surface area contributed by atoms with Gasteiger partial charge in [0.15, 0.2) is 0 Å². The summed E-state index contributed by atoms with van der Waals surface area (Å²) in [7, 11) is -1.68. The van der Waals surface area contributed by atoms with E-state index < -0.39 is 8.07 Å². The van der Waals surface area contributed by atoms with Gasteiger partial charge >= 0.3 is 0 Å². The van der Waals surface area contributed by atoms with E-state index >= 15 is 0 Å². The second kappa shape index (κ2) is 9.19. The summed E-state index contributed by atoms with van der Waals surface area (Å²) >= 11 is 7.19. The minimum absolute atomic E-state index is 1.17. The van der Waals surface area contributed by atoms with Crippen LogP contribution in [0.2, 0.25) is 12.1 Å². The fourth-order valence-corrected chi connectivity index (χ4v) is 9.15. The average Bonchev–Trinajstić information content (AvgIpc) is 2.57. The molecule has 0 bridgehead atoms. The highest BCUT2D eigenvalue weighted by atomic mass is 79.9. The van der Waals surface area contributed by atoms with Crippen molar-refractivity contribution in [3.05, 3.63) is 57.5 Å². The van der Waals surface area contributed by atoms with E-state index in [1.165, 1.54) is 46.7 Å². The van der Waals surface area contributed by atoms with Crippen LogP contribution in [0.5, 0.6) is 0 Å². The van der Waals surface area contributed by atoms with Gasteiger partial charge in [-0.05, 0) is 36.4 Å². The van der Waals surface area contributed by atoms with Gasteiger partial charge in [0, 0.05) is 8.95 Å². The van der Waals surface area contributed by atoms with Crippen molar-refractivity contribution < 1.29 is 0 Å². The van der Waals surface area contributed by atoms with Crippen LogP contribution in [0.4, 0.5) is 0 Å². The van der Waals surface area contributed by atoms with Crippen LogP contribution >= 0.6 is 31.9 Å². The van der Waals surface area contributed by atoms with Gasteiger partial charge in [-0.25, -0.2) is 0 Å². The van der Waals surface area contributed by atoms with Crippen molar-refractivity contribution in [3.8, 4) is 0 Å². The molecule has 0 fully saturated rings. The van der Waals surface area contributed by atoms with Crippen LogP contribution in [0.3, 0.4) is 0 Å². The van der Waals surface area contributed by atoms with Crippen molar-refractivity contribution in [2.45, 2.75) is 51.6 Å². The first-order valence-corrected chi connectivity index (χ1v) is 12.6. The summed E-state index contributed by atoms with van der Waals surface area (Å²) in [5.41, 5.74) is 0. The third-order valence-electron chi connectivity index (χ3n) is 4.71. The van der Waals surface area contributed by atoms with Crippen LogP contribution < -0.4 is 10.4 Å². The molecule has 0 saturated heterocycles. The minimum Gasteiger partial charge on any atom is -0.0654 e. The summed E-state index contributed by atoms with van der Waals surface area (Å²) in [6.45, 7) is 4.62. The zero-order chi connectivity index (χ0) is 16.7. The summed E-state index contributed by atoms with van der Waals surface area (Å²) in [5, 5.41) is 3.18. The van der Waals surface area contributed by atoms with Crippen LogP contribution in [0.15, 0.2) is 57.5 Å². The molecule has 0 spiro atoms. The molecule has 0 heterocycles. The molecule has 0 N–H and O–H groups in total. The lowest BCUT2D eigenvalue weighted by Gasteiger charge is -2.33. The highest BCUT2D eigenvalue weighted by molar-refractivity contribution is 9.10. The maximum atomic E-state index is 3.59. The standard InChI is InChI=1S/C20H26Br2Si/c1-3-5-15-23(16-6-4-2,19-11-7-17(21)8-12-19)20-13-9-18(22)10-14-20/h7-14H,3-6,15-16H2,1-2H3. The molecule has 0 aromatic heterocycles. The van der Waals surface area contributed by atoms with E-state index in [0.29, 0.717) is 0 Å². The Hall–Kier alpha value is -0.383. The monoisotopic (exact) mass is 452 g/mol. The molecule has 0 aliphatic carbocycles. The van der Waals surface area contributed by atoms with Gasteiger partial charge in [-0.1, -0.05) is 106 Å². The predicted molar refractivity (Wildman–Crippen MR) is 113 cm³/mol. The van der Waals surface area contributed by atoms with Crippen molar-refractivity contribution in [1.29, 1.82) is 0 Å². The normalized spacial score (nSPS) is 11.7. The van der Waals surface area contributed by atoms with Crippen molar-refractivity contribution in [2.75, 3.05) is 0 Å². The molecule has 23 heavy (non-hydrogen) atoms. The van der Waals surface area contributed by atoms with E-state index in [9.17, 15) is 0 Å². The minimum atomic E-state index is -1.68. The zero-order valence-electron chi connectivity index (χ0n) is 14.1. The summed E-state index contributed by atoms with van der Waals surface area (Å²) in [6.07, 6.45) is 5.19. The summed E-state index contributed by atoms with van der Waals surface area (Å²) in [4.78, 5) is 0. The SMILES string of the molecule is CCCC[Si](CCCC)(c1ccc(Br)cc1)c1ccc(Br)cc1. The number of unbranched alkanes of at least 4 members (excludes halogenated alkanes) is 2. The molecule has 0 unspecified atom stereocenters. The molecule has 0 radical (unpaired) electrons. The fourth-order valence-electron chi connectivity index (χ4n) is 3.36. The Bertz CT molecular complexity index is 535. The van der Waals surface area contributed by atoms with Crippen LogP contribution in [0.25, 0.3) is 0 Å². The molecule has 124 valence electrons. The fraction of sp³-hybridized carbons (Fsp3) is 0.400. The van der Waals surface area contributed by atoms with Crippen molar-refractivity contribution in [3.63, 3.8) is 0 Å². The smallest absolute Gasteiger partial charge is 0.0654 e. The molecule has 2 aromatic rings. The lowest BCUT2D eigenvalue weighted by molar-refractivity contribution is 0.838. The Labute approximate surface area is 159 Å². The van der Waals surface area contributed by atoms with E-state index in [4.69, 9.17) is 0 Å². The molecule has 0 aliphatic heterocycles. The average molecular weight is 454 g/mol. The van der Waals surface area contributed by atoms with Gasteiger partial charge in [0.2, 0.25) is 0 Å². The maximum Gasteiger partial charge on any atom is 0.118 e.